The molecule has 2 aliphatic heterocycles. The van der Waals surface area contributed by atoms with Crippen molar-refractivity contribution in [1.82, 2.24) is 9.78 Å². The van der Waals surface area contributed by atoms with Crippen LogP contribution in [0.3, 0.4) is 0 Å². The molecule has 8 nitrogen and oxygen atoms in total. The first-order chi connectivity index (χ1) is 15.5. The molecule has 0 spiro atoms. The van der Waals surface area contributed by atoms with Crippen LogP contribution in [0.1, 0.15) is 6.42 Å². The summed E-state index contributed by atoms with van der Waals surface area (Å²) >= 11 is 0. The number of amides is 2. The smallest absolute Gasteiger partial charge is 0.229 e. The molecule has 2 aliphatic rings. The lowest BCUT2D eigenvalue weighted by Gasteiger charge is -2.26. The van der Waals surface area contributed by atoms with Crippen LogP contribution in [0, 0.1) is 11.7 Å². The molecule has 3 aromatic rings. The summed E-state index contributed by atoms with van der Waals surface area (Å²) in [5, 5.41) is 7.11. The number of rotatable bonds is 5. The molecule has 1 aromatic heterocycles. The topological polar surface area (TPSA) is 85.7 Å². The van der Waals surface area contributed by atoms with E-state index in [0.717, 1.165) is 5.75 Å². The Balaban J connectivity index is 1.17. The van der Waals surface area contributed by atoms with Crippen molar-refractivity contribution >= 4 is 23.2 Å². The third-order valence-corrected chi connectivity index (χ3v) is 5.49. The summed E-state index contributed by atoms with van der Waals surface area (Å²) in [5.74, 6) is 0.124. The molecule has 2 amide bonds. The Bertz CT molecular complexity index is 1150. The maximum atomic E-state index is 13.1. The molecule has 0 aliphatic carbocycles. The minimum absolute atomic E-state index is 0.101. The van der Waals surface area contributed by atoms with Crippen molar-refractivity contribution in [2.75, 3.05) is 23.4 Å². The lowest BCUT2D eigenvalue weighted by Crippen LogP contribution is -2.33. The number of anilines is 2. The van der Waals surface area contributed by atoms with E-state index in [4.69, 9.17) is 9.47 Å². The fourth-order valence-electron chi connectivity index (χ4n) is 3.89. The molecule has 9 heteroatoms. The summed E-state index contributed by atoms with van der Waals surface area (Å²) < 4.78 is 26.5. The number of nitrogens with one attached hydrogen (secondary N) is 1. The van der Waals surface area contributed by atoms with Gasteiger partial charge in [-0.2, -0.15) is 5.10 Å². The highest BCUT2D eigenvalue weighted by molar-refractivity contribution is 6.03. The second-order valence-electron chi connectivity index (χ2n) is 7.82. The maximum Gasteiger partial charge on any atom is 0.229 e. The SMILES string of the molecule is O=C(Nc1cnn(CC2COc3ccccc3O2)c1)C1CC(=O)N(c2ccc(F)cc2)C1. The van der Waals surface area contributed by atoms with Crippen molar-refractivity contribution in [2.24, 2.45) is 5.92 Å². The van der Waals surface area contributed by atoms with Gasteiger partial charge < -0.3 is 19.7 Å². The van der Waals surface area contributed by atoms with Gasteiger partial charge in [0.1, 0.15) is 12.4 Å². The number of halogens is 1. The molecule has 1 saturated heterocycles. The highest BCUT2D eigenvalue weighted by atomic mass is 19.1. The standard InChI is InChI=1S/C23H21FN4O4/c24-16-5-7-18(8-6-16)28-11-15(9-22(28)29)23(30)26-17-10-25-27(12-17)13-19-14-31-20-3-1-2-4-21(20)32-19/h1-8,10,12,15,19H,9,11,13-14H2,(H,26,30). The molecule has 1 fully saturated rings. The van der Waals surface area contributed by atoms with E-state index in [9.17, 15) is 14.0 Å². The van der Waals surface area contributed by atoms with E-state index < -0.39 is 5.92 Å². The summed E-state index contributed by atoms with van der Waals surface area (Å²) in [6.07, 6.45) is 3.18. The quantitative estimate of drug-likeness (QED) is 0.665. The van der Waals surface area contributed by atoms with Crippen LogP contribution in [-0.2, 0) is 16.1 Å². The summed E-state index contributed by atoms with van der Waals surface area (Å²) in [7, 11) is 0. The van der Waals surface area contributed by atoms with Gasteiger partial charge in [-0.3, -0.25) is 14.3 Å². The molecule has 0 radical (unpaired) electrons. The zero-order valence-corrected chi connectivity index (χ0v) is 17.1. The largest absolute Gasteiger partial charge is 0.486 e. The van der Waals surface area contributed by atoms with Gasteiger partial charge in [0.2, 0.25) is 11.8 Å². The zero-order chi connectivity index (χ0) is 22.1. The van der Waals surface area contributed by atoms with E-state index in [0.29, 0.717) is 30.3 Å². The molecule has 2 atom stereocenters. The monoisotopic (exact) mass is 436 g/mol. The number of carbonyl (C=O) groups excluding carboxylic acids is 2. The first-order valence-corrected chi connectivity index (χ1v) is 10.3. The predicted octanol–water partition coefficient (Wildman–Crippen LogP) is 2.85. The predicted molar refractivity (Wildman–Crippen MR) is 114 cm³/mol. The summed E-state index contributed by atoms with van der Waals surface area (Å²) in [4.78, 5) is 26.6. The van der Waals surface area contributed by atoms with E-state index >= 15 is 0 Å². The van der Waals surface area contributed by atoms with Gasteiger partial charge in [0.15, 0.2) is 17.6 Å². The van der Waals surface area contributed by atoms with Crippen LogP contribution in [0.5, 0.6) is 11.5 Å². The summed E-state index contributed by atoms with van der Waals surface area (Å²) in [6, 6.07) is 13.2. The number of aromatic nitrogens is 2. The fraction of sp³-hybridized carbons (Fsp3) is 0.261. The Labute approximate surface area is 183 Å². The van der Waals surface area contributed by atoms with Gasteiger partial charge >= 0.3 is 0 Å². The van der Waals surface area contributed by atoms with Crippen molar-refractivity contribution in [3.8, 4) is 11.5 Å². The van der Waals surface area contributed by atoms with Crippen LogP contribution in [0.4, 0.5) is 15.8 Å². The number of benzene rings is 2. The van der Waals surface area contributed by atoms with E-state index in [2.05, 4.69) is 10.4 Å². The van der Waals surface area contributed by atoms with Gasteiger partial charge in [0.05, 0.1) is 24.3 Å². The average molecular weight is 436 g/mol. The third-order valence-electron chi connectivity index (χ3n) is 5.49. The highest BCUT2D eigenvalue weighted by Crippen LogP contribution is 2.31. The zero-order valence-electron chi connectivity index (χ0n) is 17.1. The van der Waals surface area contributed by atoms with Gasteiger partial charge in [0.25, 0.3) is 0 Å². The second-order valence-corrected chi connectivity index (χ2v) is 7.82. The average Bonchev–Trinajstić information content (AvgIpc) is 3.40. The van der Waals surface area contributed by atoms with Crippen LogP contribution in [-0.4, -0.2) is 40.9 Å². The van der Waals surface area contributed by atoms with Crippen molar-refractivity contribution < 1.29 is 23.5 Å². The van der Waals surface area contributed by atoms with Crippen molar-refractivity contribution in [3.63, 3.8) is 0 Å². The summed E-state index contributed by atoms with van der Waals surface area (Å²) in [6.45, 7) is 1.11. The number of carbonyl (C=O) groups is 2. The minimum Gasteiger partial charge on any atom is -0.486 e. The Morgan fingerprint density at radius 1 is 1.16 bits per heavy atom. The molecule has 3 heterocycles. The first kappa shape index (κ1) is 20.0. The van der Waals surface area contributed by atoms with Crippen molar-refractivity contribution in [1.29, 1.82) is 0 Å². The van der Waals surface area contributed by atoms with E-state index in [1.54, 1.807) is 17.1 Å². The Hall–Kier alpha value is -3.88. The Morgan fingerprint density at radius 3 is 2.75 bits per heavy atom. The van der Waals surface area contributed by atoms with Crippen LogP contribution in [0.2, 0.25) is 0 Å². The van der Waals surface area contributed by atoms with E-state index in [1.807, 2.05) is 24.3 Å². The maximum absolute atomic E-state index is 13.1. The molecule has 2 aromatic carbocycles. The van der Waals surface area contributed by atoms with Crippen molar-refractivity contribution in [3.05, 3.63) is 66.7 Å². The van der Waals surface area contributed by atoms with Crippen LogP contribution < -0.4 is 19.7 Å². The van der Waals surface area contributed by atoms with Gasteiger partial charge in [0, 0.05) is 24.8 Å². The second kappa shape index (κ2) is 8.33. The van der Waals surface area contributed by atoms with Crippen LogP contribution in [0.15, 0.2) is 60.9 Å². The molecule has 2 unspecified atom stereocenters. The van der Waals surface area contributed by atoms with Crippen LogP contribution >= 0.6 is 0 Å². The van der Waals surface area contributed by atoms with Crippen molar-refractivity contribution in [2.45, 2.75) is 19.1 Å². The molecular weight excluding hydrogens is 415 g/mol. The summed E-state index contributed by atoms with van der Waals surface area (Å²) in [5.41, 5.74) is 1.12. The number of fused-ring (bicyclic) bond motifs is 1. The van der Waals surface area contributed by atoms with Gasteiger partial charge in [-0.1, -0.05) is 12.1 Å². The minimum atomic E-state index is -0.498. The fourth-order valence-corrected chi connectivity index (χ4v) is 3.89. The Morgan fingerprint density at radius 2 is 1.94 bits per heavy atom. The Kier molecular flexibility index (Phi) is 5.22. The van der Waals surface area contributed by atoms with E-state index in [-0.39, 0.29) is 36.7 Å². The lowest BCUT2D eigenvalue weighted by molar-refractivity contribution is -0.122. The van der Waals surface area contributed by atoms with Crippen LogP contribution in [0.25, 0.3) is 0 Å². The van der Waals surface area contributed by atoms with Gasteiger partial charge in [-0.05, 0) is 36.4 Å². The number of nitrogens with zero attached hydrogens (tertiary/aromatic N) is 3. The van der Waals surface area contributed by atoms with Gasteiger partial charge in [-0.15, -0.1) is 0 Å². The normalized spacial score (nSPS) is 19.8. The highest BCUT2D eigenvalue weighted by Gasteiger charge is 2.35. The number of hydrogen-bond donors (Lipinski definition) is 1. The first-order valence-electron chi connectivity index (χ1n) is 10.3. The molecule has 5 rings (SSSR count). The number of hydrogen-bond acceptors (Lipinski definition) is 5. The lowest BCUT2D eigenvalue weighted by atomic mass is 10.1. The molecule has 32 heavy (non-hydrogen) atoms. The number of para-hydroxylation sites is 2. The number of ether oxygens (including phenoxy) is 2. The molecule has 1 N–H and O–H groups in total. The van der Waals surface area contributed by atoms with E-state index in [1.165, 1.54) is 29.2 Å². The molecular formula is C23H21FN4O4. The molecule has 0 saturated carbocycles. The third kappa shape index (κ3) is 4.14. The van der Waals surface area contributed by atoms with Gasteiger partial charge in [-0.25, -0.2) is 4.39 Å². The molecule has 164 valence electrons. The molecule has 0 bridgehead atoms.